The predicted octanol–water partition coefficient (Wildman–Crippen LogP) is 3.67. The Balaban J connectivity index is 2.13. The molecule has 0 amide bonds. The molecule has 0 radical (unpaired) electrons. The summed E-state index contributed by atoms with van der Waals surface area (Å²) in [6.45, 7) is -3.04. The number of rotatable bonds is 8. The van der Waals surface area contributed by atoms with E-state index in [9.17, 15) is 13.6 Å². The third kappa shape index (κ3) is 4.75. The molecule has 0 saturated carbocycles. The molecule has 2 aromatic rings. The average Bonchev–Trinajstić information content (AvgIpc) is 2.64. The molecule has 0 unspecified atom stereocenters. The first-order chi connectivity index (χ1) is 12.5. The summed E-state index contributed by atoms with van der Waals surface area (Å²) in [5.74, 6) is 0.325. The second-order valence-corrected chi connectivity index (χ2v) is 5.02. The number of esters is 1. The van der Waals surface area contributed by atoms with E-state index in [-0.39, 0.29) is 17.9 Å². The van der Waals surface area contributed by atoms with Gasteiger partial charge in [-0.3, -0.25) is 0 Å². The lowest BCUT2D eigenvalue weighted by Crippen LogP contribution is -2.07. The molecule has 0 spiro atoms. The number of benzene rings is 2. The maximum atomic E-state index is 12.3. The quantitative estimate of drug-likeness (QED) is 0.663. The molecule has 0 aliphatic heterocycles. The van der Waals surface area contributed by atoms with E-state index >= 15 is 0 Å². The molecule has 8 heteroatoms. The number of carbonyl (C=O) groups is 1. The van der Waals surface area contributed by atoms with E-state index < -0.39 is 12.6 Å². The fourth-order valence-electron chi connectivity index (χ4n) is 2.24. The lowest BCUT2D eigenvalue weighted by atomic mass is 10.2. The minimum atomic E-state index is -2.92. The van der Waals surface area contributed by atoms with E-state index in [0.717, 1.165) is 0 Å². The summed E-state index contributed by atoms with van der Waals surface area (Å²) in [5, 5.41) is 0. The van der Waals surface area contributed by atoms with E-state index in [0.29, 0.717) is 22.8 Å². The Kier molecular flexibility index (Phi) is 6.60. The van der Waals surface area contributed by atoms with Crippen LogP contribution in [0.15, 0.2) is 36.4 Å². The highest BCUT2D eigenvalue weighted by Crippen LogP contribution is 2.38. The van der Waals surface area contributed by atoms with Crippen LogP contribution in [0.3, 0.4) is 0 Å². The van der Waals surface area contributed by atoms with Gasteiger partial charge in [0.2, 0.25) is 5.75 Å². The molecule has 0 aliphatic carbocycles. The van der Waals surface area contributed by atoms with Crippen molar-refractivity contribution in [3.05, 3.63) is 47.5 Å². The Bertz CT molecular complexity index is 738. The van der Waals surface area contributed by atoms with E-state index in [1.807, 2.05) is 0 Å². The third-order valence-electron chi connectivity index (χ3n) is 3.39. The van der Waals surface area contributed by atoms with Crippen molar-refractivity contribution >= 4 is 5.97 Å². The maximum absolute atomic E-state index is 12.3. The van der Waals surface area contributed by atoms with E-state index in [1.165, 1.54) is 51.7 Å². The molecule has 0 heterocycles. The van der Waals surface area contributed by atoms with Crippen LogP contribution in [0.2, 0.25) is 0 Å². The van der Waals surface area contributed by atoms with Gasteiger partial charge in [-0.2, -0.15) is 8.78 Å². The van der Waals surface area contributed by atoms with Crippen molar-refractivity contribution in [2.75, 3.05) is 21.3 Å². The summed E-state index contributed by atoms with van der Waals surface area (Å²) >= 11 is 0. The van der Waals surface area contributed by atoms with Gasteiger partial charge in [0, 0.05) is 0 Å². The summed E-state index contributed by atoms with van der Waals surface area (Å²) in [4.78, 5) is 12.3. The van der Waals surface area contributed by atoms with Crippen LogP contribution in [-0.2, 0) is 11.3 Å². The lowest BCUT2D eigenvalue weighted by molar-refractivity contribution is -0.0499. The first-order valence-corrected chi connectivity index (χ1v) is 7.49. The molecular weight excluding hydrogens is 350 g/mol. The molecule has 6 nitrogen and oxygen atoms in total. The molecule has 0 bridgehead atoms. The second kappa shape index (κ2) is 8.89. The van der Waals surface area contributed by atoms with Gasteiger partial charge in [0.05, 0.1) is 26.9 Å². The number of halogens is 2. The molecule has 26 heavy (non-hydrogen) atoms. The van der Waals surface area contributed by atoms with Gasteiger partial charge in [-0.15, -0.1) is 0 Å². The Hall–Kier alpha value is -3.03. The van der Waals surface area contributed by atoms with Crippen LogP contribution in [0.5, 0.6) is 23.0 Å². The zero-order chi connectivity index (χ0) is 19.1. The fourth-order valence-corrected chi connectivity index (χ4v) is 2.24. The number of alkyl halides is 2. The summed E-state index contributed by atoms with van der Waals surface area (Å²) in [6, 6.07) is 8.83. The minimum absolute atomic E-state index is 0.0127. The first kappa shape index (κ1) is 19.3. The SMILES string of the molecule is COc1cc(C(=O)OCc2cccc(OC(F)F)c2)cc(OC)c1OC. The van der Waals surface area contributed by atoms with Gasteiger partial charge in [-0.1, -0.05) is 12.1 Å². The number of ether oxygens (including phenoxy) is 5. The van der Waals surface area contributed by atoms with E-state index in [2.05, 4.69) is 4.74 Å². The van der Waals surface area contributed by atoms with Crippen molar-refractivity contribution in [2.45, 2.75) is 13.2 Å². The Morgan fingerprint density at radius 1 is 1.00 bits per heavy atom. The number of methoxy groups -OCH3 is 3. The molecule has 140 valence electrons. The molecule has 0 saturated heterocycles. The normalized spacial score (nSPS) is 10.4. The van der Waals surface area contributed by atoms with E-state index in [1.54, 1.807) is 6.07 Å². The minimum Gasteiger partial charge on any atom is -0.493 e. The number of carbonyl (C=O) groups excluding carboxylic acids is 1. The van der Waals surface area contributed by atoms with Gasteiger partial charge in [0.25, 0.3) is 0 Å². The molecule has 0 fully saturated rings. The standard InChI is InChI=1S/C18H18F2O6/c1-22-14-8-12(9-15(23-2)16(14)24-3)17(21)25-10-11-5-4-6-13(7-11)26-18(19)20/h4-9,18H,10H2,1-3H3. The van der Waals surface area contributed by atoms with Gasteiger partial charge >= 0.3 is 12.6 Å². The van der Waals surface area contributed by atoms with Crippen LogP contribution in [0, 0.1) is 0 Å². The monoisotopic (exact) mass is 368 g/mol. The molecule has 0 aromatic heterocycles. The average molecular weight is 368 g/mol. The Labute approximate surface area is 149 Å². The van der Waals surface area contributed by atoms with Crippen LogP contribution in [0.25, 0.3) is 0 Å². The number of hydrogen-bond donors (Lipinski definition) is 0. The van der Waals surface area contributed by atoms with Crippen molar-refractivity contribution < 1.29 is 37.3 Å². The highest BCUT2D eigenvalue weighted by Gasteiger charge is 2.18. The molecular formula is C18H18F2O6. The summed E-state index contributed by atoms with van der Waals surface area (Å²) in [6.07, 6.45) is 0. The van der Waals surface area contributed by atoms with Crippen LogP contribution in [0.1, 0.15) is 15.9 Å². The summed E-state index contributed by atoms with van der Waals surface area (Å²) in [7, 11) is 4.31. The molecule has 2 rings (SSSR count). The van der Waals surface area contributed by atoms with Gasteiger partial charge in [-0.05, 0) is 29.8 Å². The molecule has 0 aliphatic rings. The van der Waals surface area contributed by atoms with Crippen molar-refractivity contribution in [2.24, 2.45) is 0 Å². The topological polar surface area (TPSA) is 63.2 Å². The highest BCUT2D eigenvalue weighted by atomic mass is 19.3. The zero-order valence-electron chi connectivity index (χ0n) is 14.5. The number of hydrogen-bond acceptors (Lipinski definition) is 6. The second-order valence-electron chi connectivity index (χ2n) is 5.02. The summed E-state index contributed by atoms with van der Waals surface area (Å²) in [5.41, 5.74) is 0.698. The van der Waals surface area contributed by atoms with E-state index in [4.69, 9.17) is 18.9 Å². The van der Waals surface area contributed by atoms with Gasteiger partial charge in [-0.25, -0.2) is 4.79 Å². The Morgan fingerprint density at radius 2 is 1.65 bits per heavy atom. The first-order valence-electron chi connectivity index (χ1n) is 7.49. The zero-order valence-corrected chi connectivity index (χ0v) is 14.5. The van der Waals surface area contributed by atoms with Crippen molar-refractivity contribution in [3.8, 4) is 23.0 Å². The van der Waals surface area contributed by atoms with Crippen LogP contribution < -0.4 is 18.9 Å². The lowest BCUT2D eigenvalue weighted by Gasteiger charge is -2.14. The molecule has 0 N–H and O–H groups in total. The maximum Gasteiger partial charge on any atom is 0.387 e. The van der Waals surface area contributed by atoms with Crippen molar-refractivity contribution in [1.29, 1.82) is 0 Å². The van der Waals surface area contributed by atoms with Crippen molar-refractivity contribution in [1.82, 2.24) is 0 Å². The van der Waals surface area contributed by atoms with Crippen LogP contribution in [0.4, 0.5) is 8.78 Å². The molecule has 0 atom stereocenters. The largest absolute Gasteiger partial charge is 0.493 e. The highest BCUT2D eigenvalue weighted by molar-refractivity contribution is 5.91. The predicted molar refractivity (Wildman–Crippen MR) is 88.3 cm³/mol. The Morgan fingerprint density at radius 3 is 2.19 bits per heavy atom. The fraction of sp³-hybridized carbons (Fsp3) is 0.278. The summed E-state index contributed by atoms with van der Waals surface area (Å²) < 4.78 is 49.6. The van der Waals surface area contributed by atoms with Crippen molar-refractivity contribution in [3.63, 3.8) is 0 Å². The van der Waals surface area contributed by atoms with Gasteiger partial charge in [0.15, 0.2) is 11.5 Å². The van der Waals surface area contributed by atoms with Crippen LogP contribution in [-0.4, -0.2) is 33.9 Å². The van der Waals surface area contributed by atoms with Gasteiger partial charge in [0.1, 0.15) is 12.4 Å². The van der Waals surface area contributed by atoms with Crippen LogP contribution >= 0.6 is 0 Å². The third-order valence-corrected chi connectivity index (χ3v) is 3.39. The molecule has 2 aromatic carbocycles. The smallest absolute Gasteiger partial charge is 0.387 e. The van der Waals surface area contributed by atoms with Gasteiger partial charge < -0.3 is 23.7 Å².